The molecule has 0 spiro atoms. The van der Waals surface area contributed by atoms with Crippen LogP contribution in [0.25, 0.3) is 0 Å². The fraction of sp³-hybridized carbons (Fsp3) is 0.125. The van der Waals surface area contributed by atoms with Crippen molar-refractivity contribution in [2.45, 2.75) is 17.6 Å². The number of halogens is 2. The molecule has 0 atom stereocenters. The van der Waals surface area contributed by atoms with Gasteiger partial charge in [-0.1, -0.05) is 12.1 Å². The number of nitrogens with one attached hydrogen (secondary N) is 1. The van der Waals surface area contributed by atoms with E-state index < -0.39 is 26.4 Å². The Kier molecular flexibility index (Phi) is 5.08. The van der Waals surface area contributed by atoms with E-state index in [4.69, 9.17) is 0 Å². The Balaban J connectivity index is 2.25. The summed E-state index contributed by atoms with van der Waals surface area (Å²) in [5.74, 6) is -4.35. The van der Waals surface area contributed by atoms with Gasteiger partial charge in [0.15, 0.2) is 5.78 Å². The summed E-state index contributed by atoms with van der Waals surface area (Å²) in [6.07, 6.45) is 0. The van der Waals surface area contributed by atoms with Crippen molar-refractivity contribution in [1.29, 1.82) is 0 Å². The van der Waals surface area contributed by atoms with Crippen LogP contribution in [-0.2, 0) is 9.84 Å². The number of hydrogen-bond acceptors (Lipinski definition) is 4. The number of ketones is 1. The summed E-state index contributed by atoms with van der Waals surface area (Å²) in [5.41, 5.74) is 0.698. The lowest BCUT2D eigenvalue weighted by Gasteiger charge is -2.09. The largest absolute Gasteiger partial charge is 0.341 e. The Labute approximate surface area is 137 Å². The lowest BCUT2D eigenvalue weighted by atomic mass is 10.1. The molecule has 0 unspecified atom stereocenters. The molecule has 0 saturated heterocycles. The van der Waals surface area contributed by atoms with Crippen molar-refractivity contribution in [2.24, 2.45) is 0 Å². The topological polar surface area (TPSA) is 80.3 Å². The number of rotatable bonds is 5. The van der Waals surface area contributed by atoms with Crippen molar-refractivity contribution in [2.75, 3.05) is 5.32 Å². The van der Waals surface area contributed by atoms with Crippen LogP contribution in [0.5, 0.6) is 0 Å². The van der Waals surface area contributed by atoms with Gasteiger partial charge in [0.2, 0.25) is 9.84 Å². The third kappa shape index (κ3) is 3.65. The van der Waals surface area contributed by atoms with Crippen LogP contribution in [0.1, 0.15) is 27.6 Å². The molecule has 5 nitrogen and oxygen atoms in total. The summed E-state index contributed by atoms with van der Waals surface area (Å²) in [7, 11) is -4.71. The van der Waals surface area contributed by atoms with Crippen molar-refractivity contribution in [3.8, 4) is 0 Å². The van der Waals surface area contributed by atoms with Gasteiger partial charge >= 0.3 is 5.76 Å². The minimum Gasteiger partial charge on any atom is -0.321 e. The molecule has 0 aliphatic heterocycles. The second kappa shape index (κ2) is 6.88. The highest BCUT2D eigenvalue weighted by Crippen LogP contribution is 2.20. The maximum atomic E-state index is 12.5. The van der Waals surface area contributed by atoms with Gasteiger partial charge in [-0.05, 0) is 43.3 Å². The summed E-state index contributed by atoms with van der Waals surface area (Å²) < 4.78 is 47.6. The van der Waals surface area contributed by atoms with Gasteiger partial charge < -0.3 is 5.32 Å². The van der Waals surface area contributed by atoms with E-state index in [1.54, 1.807) is 24.3 Å². The SMILES string of the molecule is CC(=O)c1ccccc1NC(=O)c1ccc(S(=O)(=O)C(F)F)cc1. The van der Waals surface area contributed by atoms with E-state index in [0.29, 0.717) is 11.3 Å². The van der Waals surface area contributed by atoms with Crippen molar-refractivity contribution in [3.63, 3.8) is 0 Å². The Hall–Kier alpha value is -2.61. The number of Topliss-reactive ketones (excluding diaryl/α,β-unsaturated/α-hetero) is 1. The molecule has 0 aliphatic carbocycles. The first-order valence-corrected chi connectivity index (χ1v) is 8.31. The van der Waals surface area contributed by atoms with Gasteiger partial charge in [0.1, 0.15) is 0 Å². The van der Waals surface area contributed by atoms with Crippen LogP contribution in [0.15, 0.2) is 53.4 Å². The van der Waals surface area contributed by atoms with Crippen LogP contribution >= 0.6 is 0 Å². The summed E-state index contributed by atoms with van der Waals surface area (Å²) in [4.78, 5) is 23.1. The Morgan fingerprint density at radius 2 is 1.58 bits per heavy atom. The highest BCUT2D eigenvalue weighted by atomic mass is 32.2. The van der Waals surface area contributed by atoms with E-state index in [1.165, 1.54) is 6.92 Å². The molecule has 1 N–H and O–H groups in total. The van der Waals surface area contributed by atoms with Crippen LogP contribution < -0.4 is 5.32 Å². The standard InChI is InChI=1S/C16H13F2NO4S/c1-10(20)13-4-2-3-5-14(13)19-15(21)11-6-8-12(9-7-11)24(22,23)16(17)18/h2-9,16H,1H3,(H,19,21). The molecule has 0 bridgehead atoms. The molecule has 2 aromatic rings. The second-order valence-corrected chi connectivity index (χ2v) is 6.80. The quantitative estimate of drug-likeness (QED) is 0.838. The highest BCUT2D eigenvalue weighted by Gasteiger charge is 2.26. The van der Waals surface area contributed by atoms with Gasteiger partial charge in [0, 0.05) is 11.1 Å². The molecule has 0 heterocycles. The second-order valence-electron chi connectivity index (χ2n) is 4.89. The van der Waals surface area contributed by atoms with Crippen LogP contribution in [0.2, 0.25) is 0 Å². The summed E-state index contributed by atoms with van der Waals surface area (Å²) in [5, 5.41) is 2.53. The zero-order valence-corrected chi connectivity index (χ0v) is 13.3. The maximum absolute atomic E-state index is 12.5. The van der Waals surface area contributed by atoms with E-state index in [0.717, 1.165) is 24.3 Å². The van der Waals surface area contributed by atoms with E-state index in [1.807, 2.05) is 0 Å². The van der Waals surface area contributed by atoms with Crippen molar-refractivity contribution < 1.29 is 26.8 Å². The zero-order valence-electron chi connectivity index (χ0n) is 12.5. The van der Waals surface area contributed by atoms with E-state index in [-0.39, 0.29) is 11.3 Å². The molecule has 24 heavy (non-hydrogen) atoms. The van der Waals surface area contributed by atoms with Gasteiger partial charge in [-0.25, -0.2) is 8.42 Å². The van der Waals surface area contributed by atoms with Crippen molar-refractivity contribution in [1.82, 2.24) is 0 Å². The number of alkyl halides is 2. The van der Waals surface area contributed by atoms with Crippen LogP contribution in [0.4, 0.5) is 14.5 Å². The van der Waals surface area contributed by atoms with E-state index in [9.17, 15) is 26.8 Å². The molecule has 2 aromatic carbocycles. The molecular weight excluding hydrogens is 340 g/mol. The molecule has 0 radical (unpaired) electrons. The third-order valence-corrected chi connectivity index (χ3v) is 4.63. The number of benzene rings is 2. The molecule has 2 rings (SSSR count). The average molecular weight is 353 g/mol. The molecule has 0 saturated carbocycles. The Bertz CT molecular complexity index is 877. The monoisotopic (exact) mass is 353 g/mol. The fourth-order valence-electron chi connectivity index (χ4n) is 1.99. The number of carbonyl (C=O) groups is 2. The number of para-hydroxylation sites is 1. The molecule has 0 aromatic heterocycles. The summed E-state index contributed by atoms with van der Waals surface area (Å²) in [6.45, 7) is 1.36. The number of amides is 1. The first kappa shape index (κ1) is 17.7. The van der Waals surface area contributed by atoms with Gasteiger partial charge in [-0.15, -0.1) is 0 Å². The van der Waals surface area contributed by atoms with Crippen LogP contribution in [-0.4, -0.2) is 25.9 Å². The number of hydrogen-bond donors (Lipinski definition) is 1. The highest BCUT2D eigenvalue weighted by molar-refractivity contribution is 7.91. The molecule has 0 fully saturated rings. The Morgan fingerprint density at radius 1 is 1.00 bits per heavy atom. The normalized spacial score (nSPS) is 11.3. The summed E-state index contributed by atoms with van der Waals surface area (Å²) in [6, 6.07) is 10.5. The number of anilines is 1. The molecule has 1 amide bonds. The smallest absolute Gasteiger partial charge is 0.321 e. The first-order chi connectivity index (χ1) is 11.2. The lowest BCUT2D eigenvalue weighted by Crippen LogP contribution is -2.15. The number of carbonyl (C=O) groups excluding carboxylic acids is 2. The predicted molar refractivity (Wildman–Crippen MR) is 84.0 cm³/mol. The minimum atomic E-state index is -4.71. The van der Waals surface area contributed by atoms with Gasteiger partial charge in [0.25, 0.3) is 5.91 Å². The first-order valence-electron chi connectivity index (χ1n) is 6.77. The van der Waals surface area contributed by atoms with Crippen LogP contribution in [0.3, 0.4) is 0 Å². The summed E-state index contributed by atoms with van der Waals surface area (Å²) >= 11 is 0. The predicted octanol–water partition coefficient (Wildman–Crippen LogP) is 3.14. The van der Waals surface area contributed by atoms with Gasteiger partial charge in [0.05, 0.1) is 10.6 Å². The van der Waals surface area contributed by atoms with Crippen molar-refractivity contribution >= 4 is 27.2 Å². The average Bonchev–Trinajstić information content (AvgIpc) is 2.55. The third-order valence-electron chi connectivity index (χ3n) is 3.23. The fourth-order valence-corrected chi connectivity index (χ4v) is 2.71. The minimum absolute atomic E-state index is 0.0709. The molecule has 126 valence electrons. The van der Waals surface area contributed by atoms with E-state index in [2.05, 4.69) is 5.32 Å². The van der Waals surface area contributed by atoms with Crippen LogP contribution in [0, 0.1) is 0 Å². The van der Waals surface area contributed by atoms with Gasteiger partial charge in [-0.2, -0.15) is 8.78 Å². The zero-order chi connectivity index (χ0) is 17.9. The maximum Gasteiger partial charge on any atom is 0.341 e. The molecular formula is C16H13F2NO4S. The van der Waals surface area contributed by atoms with Gasteiger partial charge in [-0.3, -0.25) is 9.59 Å². The molecule has 8 heteroatoms. The lowest BCUT2D eigenvalue weighted by molar-refractivity contribution is 0.101. The number of sulfone groups is 1. The van der Waals surface area contributed by atoms with E-state index >= 15 is 0 Å². The van der Waals surface area contributed by atoms with Crippen molar-refractivity contribution in [3.05, 3.63) is 59.7 Å². The Morgan fingerprint density at radius 3 is 2.12 bits per heavy atom. The molecule has 0 aliphatic rings.